The molecule has 1 aliphatic rings. The molecule has 4 rings (SSSR count). The first-order valence-corrected chi connectivity index (χ1v) is 7.98. The lowest BCUT2D eigenvalue weighted by Gasteiger charge is -2.36. The minimum atomic E-state index is -4.45. The minimum Gasteiger partial charge on any atom is -0.339 e. The zero-order chi connectivity index (χ0) is 19.2. The minimum absolute atomic E-state index is 0.0785. The van der Waals surface area contributed by atoms with Crippen LogP contribution in [-0.2, 0) is 13.2 Å². The molecule has 27 heavy (non-hydrogen) atoms. The smallest absolute Gasteiger partial charge is 0.339 e. The van der Waals surface area contributed by atoms with Gasteiger partial charge in [-0.05, 0) is 12.1 Å². The number of carbonyl (C=O) groups excluding carboxylic acids is 1. The highest BCUT2D eigenvalue weighted by atomic mass is 19.4. The molecule has 1 aromatic carbocycles. The van der Waals surface area contributed by atoms with Crippen molar-refractivity contribution in [3.63, 3.8) is 0 Å². The van der Waals surface area contributed by atoms with Gasteiger partial charge in [-0.15, -0.1) is 5.10 Å². The second kappa shape index (κ2) is 6.18. The Balaban J connectivity index is 1.45. The summed E-state index contributed by atoms with van der Waals surface area (Å²) >= 11 is 0. The first-order chi connectivity index (χ1) is 12.8. The molecular formula is C16H13F3N6O2. The molecule has 0 aliphatic carbocycles. The summed E-state index contributed by atoms with van der Waals surface area (Å²) in [6, 6.07) is 4.72. The van der Waals surface area contributed by atoms with Crippen molar-refractivity contribution in [2.24, 2.45) is 7.05 Å². The summed E-state index contributed by atoms with van der Waals surface area (Å²) in [7, 11) is 1.66. The van der Waals surface area contributed by atoms with Gasteiger partial charge in [-0.25, -0.2) is 0 Å². The predicted molar refractivity (Wildman–Crippen MR) is 84.4 cm³/mol. The molecule has 1 saturated heterocycles. The Hall–Kier alpha value is -3.24. The summed E-state index contributed by atoms with van der Waals surface area (Å²) in [5.74, 6) is -0.0601. The second-order valence-electron chi connectivity index (χ2n) is 6.22. The van der Waals surface area contributed by atoms with E-state index in [0.717, 1.165) is 12.1 Å². The quantitative estimate of drug-likeness (QED) is 0.694. The topological polar surface area (TPSA) is 89.9 Å². The van der Waals surface area contributed by atoms with Crippen LogP contribution in [0.5, 0.6) is 0 Å². The van der Waals surface area contributed by atoms with E-state index in [2.05, 4.69) is 20.5 Å². The molecular weight excluding hydrogens is 365 g/mol. The monoisotopic (exact) mass is 378 g/mol. The zero-order valence-corrected chi connectivity index (χ0v) is 14.0. The molecule has 3 aromatic rings. The molecule has 1 amide bonds. The van der Waals surface area contributed by atoms with Crippen LogP contribution in [0.15, 0.2) is 35.0 Å². The maximum atomic E-state index is 12.8. The highest BCUT2D eigenvalue weighted by Crippen LogP contribution is 2.32. The number of carbonyl (C=O) groups is 1. The van der Waals surface area contributed by atoms with E-state index in [1.165, 1.54) is 23.0 Å². The third-order valence-electron chi connectivity index (χ3n) is 4.23. The first-order valence-electron chi connectivity index (χ1n) is 7.98. The van der Waals surface area contributed by atoms with E-state index >= 15 is 0 Å². The highest BCUT2D eigenvalue weighted by Gasteiger charge is 2.37. The molecule has 1 fully saturated rings. The van der Waals surface area contributed by atoms with Gasteiger partial charge in [-0.1, -0.05) is 22.5 Å². The van der Waals surface area contributed by atoms with Gasteiger partial charge in [-0.2, -0.15) is 18.2 Å². The molecule has 2 aromatic heterocycles. The Bertz CT molecular complexity index is 990. The maximum absolute atomic E-state index is 12.8. The van der Waals surface area contributed by atoms with Crippen molar-refractivity contribution in [1.82, 2.24) is 30.0 Å². The molecule has 0 spiro atoms. The Morgan fingerprint density at radius 1 is 1.30 bits per heavy atom. The summed E-state index contributed by atoms with van der Waals surface area (Å²) in [6.45, 7) is 0.721. The van der Waals surface area contributed by atoms with Crippen LogP contribution >= 0.6 is 0 Å². The number of aromatic nitrogens is 5. The van der Waals surface area contributed by atoms with Crippen molar-refractivity contribution >= 4 is 5.91 Å². The lowest BCUT2D eigenvalue weighted by Crippen LogP contribution is -2.48. The molecule has 140 valence electrons. The Labute approximate surface area is 150 Å². The van der Waals surface area contributed by atoms with Crippen LogP contribution in [0.3, 0.4) is 0 Å². The first kappa shape index (κ1) is 17.2. The van der Waals surface area contributed by atoms with Gasteiger partial charge in [0.1, 0.15) is 0 Å². The van der Waals surface area contributed by atoms with Crippen LogP contribution in [0.1, 0.15) is 27.9 Å². The number of aryl methyl sites for hydroxylation is 1. The van der Waals surface area contributed by atoms with Gasteiger partial charge in [-0.3, -0.25) is 9.48 Å². The number of rotatable bonds is 3. The molecule has 1 aliphatic heterocycles. The number of alkyl halides is 3. The van der Waals surface area contributed by atoms with E-state index in [0.29, 0.717) is 13.1 Å². The number of hydrogen-bond donors (Lipinski definition) is 0. The van der Waals surface area contributed by atoms with Crippen molar-refractivity contribution < 1.29 is 22.5 Å². The fraction of sp³-hybridized carbons (Fsp3) is 0.312. The Kier molecular flexibility index (Phi) is 3.93. The number of hydrogen-bond acceptors (Lipinski definition) is 6. The van der Waals surface area contributed by atoms with Crippen LogP contribution in [0, 0.1) is 0 Å². The molecule has 0 bridgehead atoms. The number of benzene rings is 1. The molecule has 8 nitrogen and oxygen atoms in total. The summed E-state index contributed by atoms with van der Waals surface area (Å²) in [6.07, 6.45) is -2.92. The Morgan fingerprint density at radius 3 is 2.74 bits per heavy atom. The molecule has 11 heteroatoms. The van der Waals surface area contributed by atoms with Crippen molar-refractivity contribution in [3.8, 4) is 11.4 Å². The summed E-state index contributed by atoms with van der Waals surface area (Å²) in [5, 5.41) is 11.2. The van der Waals surface area contributed by atoms with Crippen LogP contribution in [-0.4, -0.2) is 49.0 Å². The van der Waals surface area contributed by atoms with Crippen molar-refractivity contribution in [2.75, 3.05) is 13.1 Å². The van der Waals surface area contributed by atoms with Crippen molar-refractivity contribution in [3.05, 3.63) is 47.6 Å². The number of amides is 1. The third-order valence-corrected chi connectivity index (χ3v) is 4.23. The molecule has 3 heterocycles. The van der Waals surface area contributed by atoms with Crippen LogP contribution < -0.4 is 0 Å². The fourth-order valence-corrected chi connectivity index (χ4v) is 2.76. The van der Waals surface area contributed by atoms with Crippen LogP contribution in [0.2, 0.25) is 0 Å². The molecule has 0 unspecified atom stereocenters. The standard InChI is InChI=1S/C16H13F3N6O2/c1-24-8-12(21-23-24)15(26)25-6-10(7-25)14-20-13(22-27-14)9-3-2-4-11(5-9)16(17,18)19/h2-5,8,10H,6-7H2,1H3. The fourth-order valence-electron chi connectivity index (χ4n) is 2.76. The normalized spacial score (nSPS) is 15.0. The number of halogens is 3. The van der Waals surface area contributed by atoms with Gasteiger partial charge < -0.3 is 9.42 Å². The molecule has 0 radical (unpaired) electrons. The Morgan fingerprint density at radius 2 is 2.07 bits per heavy atom. The predicted octanol–water partition coefficient (Wildman–Crippen LogP) is 2.12. The average Bonchev–Trinajstić information content (AvgIpc) is 3.22. The number of nitrogens with zero attached hydrogens (tertiary/aromatic N) is 6. The van der Waals surface area contributed by atoms with E-state index in [1.807, 2.05) is 0 Å². The zero-order valence-electron chi connectivity index (χ0n) is 14.0. The molecule has 0 atom stereocenters. The van der Waals surface area contributed by atoms with Gasteiger partial charge in [0.25, 0.3) is 5.91 Å². The SMILES string of the molecule is Cn1cc(C(=O)N2CC(c3nc(-c4cccc(C(F)(F)F)c4)no3)C2)nn1. The lowest BCUT2D eigenvalue weighted by atomic mass is 9.99. The van der Waals surface area contributed by atoms with Gasteiger partial charge >= 0.3 is 6.18 Å². The third kappa shape index (κ3) is 3.27. The van der Waals surface area contributed by atoms with Crippen molar-refractivity contribution in [1.29, 1.82) is 0 Å². The van der Waals surface area contributed by atoms with Crippen LogP contribution in [0.25, 0.3) is 11.4 Å². The van der Waals surface area contributed by atoms with Gasteiger partial charge in [0.05, 0.1) is 17.7 Å². The van der Waals surface area contributed by atoms with Gasteiger partial charge in [0.15, 0.2) is 5.69 Å². The maximum Gasteiger partial charge on any atom is 0.416 e. The summed E-state index contributed by atoms with van der Waals surface area (Å²) < 4.78 is 45.1. The van der Waals surface area contributed by atoms with E-state index in [4.69, 9.17) is 4.52 Å². The lowest BCUT2D eigenvalue weighted by molar-refractivity contribution is -0.137. The number of likely N-dealkylation sites (tertiary alicyclic amines) is 1. The molecule has 0 N–H and O–H groups in total. The van der Waals surface area contributed by atoms with E-state index in [-0.39, 0.29) is 34.8 Å². The highest BCUT2D eigenvalue weighted by molar-refractivity contribution is 5.92. The van der Waals surface area contributed by atoms with E-state index in [1.54, 1.807) is 11.9 Å². The van der Waals surface area contributed by atoms with E-state index < -0.39 is 11.7 Å². The second-order valence-corrected chi connectivity index (χ2v) is 6.22. The summed E-state index contributed by atoms with van der Waals surface area (Å²) in [4.78, 5) is 18.0. The van der Waals surface area contributed by atoms with E-state index in [9.17, 15) is 18.0 Å². The summed E-state index contributed by atoms with van der Waals surface area (Å²) in [5.41, 5.74) is -0.325. The van der Waals surface area contributed by atoms with Crippen LogP contribution in [0.4, 0.5) is 13.2 Å². The van der Waals surface area contributed by atoms with Gasteiger partial charge in [0.2, 0.25) is 11.7 Å². The van der Waals surface area contributed by atoms with Crippen molar-refractivity contribution in [2.45, 2.75) is 12.1 Å². The van der Waals surface area contributed by atoms with Gasteiger partial charge in [0, 0.05) is 25.7 Å². The average molecular weight is 378 g/mol. The largest absolute Gasteiger partial charge is 0.416 e. The molecule has 0 saturated carbocycles.